The summed E-state index contributed by atoms with van der Waals surface area (Å²) in [4.78, 5) is 19.1. The van der Waals surface area contributed by atoms with Crippen LogP contribution in [0.4, 0.5) is 5.82 Å². The van der Waals surface area contributed by atoms with Gasteiger partial charge in [-0.3, -0.25) is 4.79 Å². The van der Waals surface area contributed by atoms with Crippen molar-refractivity contribution in [2.24, 2.45) is 5.92 Å². The molecule has 116 valence electrons. The zero-order valence-corrected chi connectivity index (χ0v) is 13.1. The van der Waals surface area contributed by atoms with Gasteiger partial charge < -0.3 is 15.0 Å². The average Bonchev–Trinajstić information content (AvgIpc) is 3.33. The van der Waals surface area contributed by atoms with Gasteiger partial charge in [0, 0.05) is 32.4 Å². The molecule has 0 radical (unpaired) electrons. The molecule has 5 heteroatoms. The van der Waals surface area contributed by atoms with Crippen LogP contribution >= 0.6 is 0 Å². The summed E-state index contributed by atoms with van der Waals surface area (Å²) < 4.78 is 5.16. The van der Waals surface area contributed by atoms with Crippen molar-refractivity contribution in [3.8, 4) is 0 Å². The number of rotatable bonds is 8. The van der Waals surface area contributed by atoms with Crippen molar-refractivity contribution in [3.05, 3.63) is 23.9 Å². The lowest BCUT2D eigenvalue weighted by molar-refractivity contribution is 0.0595. The van der Waals surface area contributed by atoms with Gasteiger partial charge in [0.1, 0.15) is 5.82 Å². The second-order valence-corrected chi connectivity index (χ2v) is 5.50. The quantitative estimate of drug-likeness (QED) is 0.799. The molecule has 0 spiro atoms. The third-order valence-electron chi connectivity index (χ3n) is 3.98. The smallest absolute Gasteiger partial charge is 0.257 e. The van der Waals surface area contributed by atoms with E-state index in [1.807, 2.05) is 24.0 Å². The van der Waals surface area contributed by atoms with Crippen LogP contribution in [-0.4, -0.2) is 48.6 Å². The van der Waals surface area contributed by atoms with Gasteiger partial charge in [0.2, 0.25) is 0 Å². The SMILES string of the molecule is CCNc1ncccc1C(=O)N(CCOC)C(C)C1CC1. The van der Waals surface area contributed by atoms with E-state index in [0.717, 1.165) is 6.54 Å². The van der Waals surface area contributed by atoms with Crippen LogP contribution in [-0.2, 0) is 4.74 Å². The van der Waals surface area contributed by atoms with Gasteiger partial charge in [0.05, 0.1) is 12.2 Å². The van der Waals surface area contributed by atoms with Crippen molar-refractivity contribution in [2.75, 3.05) is 32.1 Å². The number of ether oxygens (including phenoxy) is 1. The highest BCUT2D eigenvalue weighted by Gasteiger charge is 2.35. The van der Waals surface area contributed by atoms with E-state index >= 15 is 0 Å². The van der Waals surface area contributed by atoms with E-state index in [2.05, 4.69) is 17.2 Å². The number of nitrogens with one attached hydrogen (secondary N) is 1. The van der Waals surface area contributed by atoms with Gasteiger partial charge in [0.25, 0.3) is 5.91 Å². The maximum absolute atomic E-state index is 12.9. The van der Waals surface area contributed by atoms with Crippen LogP contribution in [0.15, 0.2) is 18.3 Å². The average molecular weight is 291 g/mol. The number of amides is 1. The predicted octanol–water partition coefficient (Wildman–Crippen LogP) is 2.40. The molecule has 21 heavy (non-hydrogen) atoms. The Bertz CT molecular complexity index is 474. The molecule has 1 N–H and O–H groups in total. The lowest BCUT2D eigenvalue weighted by Crippen LogP contribution is -2.42. The lowest BCUT2D eigenvalue weighted by atomic mass is 10.1. The van der Waals surface area contributed by atoms with Crippen molar-refractivity contribution in [1.82, 2.24) is 9.88 Å². The predicted molar refractivity (Wildman–Crippen MR) is 83.5 cm³/mol. The molecule has 1 amide bonds. The Morgan fingerprint density at radius 2 is 2.33 bits per heavy atom. The van der Waals surface area contributed by atoms with Crippen molar-refractivity contribution >= 4 is 11.7 Å². The van der Waals surface area contributed by atoms with E-state index in [-0.39, 0.29) is 11.9 Å². The summed E-state index contributed by atoms with van der Waals surface area (Å²) in [6, 6.07) is 3.90. The van der Waals surface area contributed by atoms with Crippen LogP contribution in [0.2, 0.25) is 0 Å². The fraction of sp³-hybridized carbons (Fsp3) is 0.625. The molecule has 1 aromatic rings. The van der Waals surface area contributed by atoms with Gasteiger partial charge >= 0.3 is 0 Å². The highest BCUT2D eigenvalue weighted by molar-refractivity contribution is 5.98. The molecule has 0 aliphatic heterocycles. The maximum Gasteiger partial charge on any atom is 0.257 e. The van der Waals surface area contributed by atoms with Gasteiger partial charge in [-0.25, -0.2) is 4.98 Å². The van der Waals surface area contributed by atoms with E-state index in [1.54, 1.807) is 13.3 Å². The van der Waals surface area contributed by atoms with E-state index < -0.39 is 0 Å². The van der Waals surface area contributed by atoms with Crippen LogP contribution < -0.4 is 5.32 Å². The molecule has 1 fully saturated rings. The molecule has 1 saturated carbocycles. The summed E-state index contributed by atoms with van der Waals surface area (Å²) in [6.45, 7) is 6.05. The van der Waals surface area contributed by atoms with Crippen LogP contribution in [0.25, 0.3) is 0 Å². The van der Waals surface area contributed by atoms with Crippen molar-refractivity contribution < 1.29 is 9.53 Å². The number of pyridine rings is 1. The van der Waals surface area contributed by atoms with Gasteiger partial charge in [-0.15, -0.1) is 0 Å². The second-order valence-electron chi connectivity index (χ2n) is 5.50. The molecule has 0 saturated heterocycles. The number of nitrogens with zero attached hydrogens (tertiary/aromatic N) is 2. The minimum absolute atomic E-state index is 0.0375. The Labute approximate surface area is 126 Å². The monoisotopic (exact) mass is 291 g/mol. The number of methoxy groups -OCH3 is 1. The van der Waals surface area contributed by atoms with Crippen LogP contribution in [0, 0.1) is 5.92 Å². The standard InChI is InChI=1S/C16H25N3O2/c1-4-17-15-14(6-5-9-18-15)16(20)19(10-11-21-3)12(2)13-7-8-13/h5-6,9,12-13H,4,7-8,10-11H2,1-3H3,(H,17,18). The molecule has 1 aromatic heterocycles. The summed E-state index contributed by atoms with van der Waals surface area (Å²) in [5.41, 5.74) is 0.642. The summed E-state index contributed by atoms with van der Waals surface area (Å²) in [5.74, 6) is 1.33. The van der Waals surface area contributed by atoms with Gasteiger partial charge in [-0.1, -0.05) is 0 Å². The van der Waals surface area contributed by atoms with E-state index in [1.165, 1.54) is 12.8 Å². The number of anilines is 1. The Morgan fingerprint density at radius 3 is 2.95 bits per heavy atom. The van der Waals surface area contributed by atoms with E-state index in [4.69, 9.17) is 4.74 Å². The molecule has 1 aliphatic carbocycles. The molecule has 2 rings (SSSR count). The fourth-order valence-electron chi connectivity index (χ4n) is 2.55. The van der Waals surface area contributed by atoms with Gasteiger partial charge in [-0.2, -0.15) is 0 Å². The van der Waals surface area contributed by atoms with E-state index in [9.17, 15) is 4.79 Å². The topological polar surface area (TPSA) is 54.5 Å². The maximum atomic E-state index is 12.9. The molecular formula is C16H25N3O2. The molecule has 5 nitrogen and oxygen atoms in total. The number of aromatic nitrogens is 1. The zero-order valence-electron chi connectivity index (χ0n) is 13.1. The Balaban J connectivity index is 2.20. The molecular weight excluding hydrogens is 266 g/mol. The first-order chi connectivity index (χ1) is 10.2. The van der Waals surface area contributed by atoms with Crippen molar-refractivity contribution in [1.29, 1.82) is 0 Å². The minimum atomic E-state index is 0.0375. The molecule has 0 bridgehead atoms. The molecule has 1 unspecified atom stereocenters. The molecule has 0 aromatic carbocycles. The van der Waals surface area contributed by atoms with E-state index in [0.29, 0.717) is 30.5 Å². The van der Waals surface area contributed by atoms with Crippen LogP contribution in [0.5, 0.6) is 0 Å². The summed E-state index contributed by atoms with van der Waals surface area (Å²) >= 11 is 0. The number of hydrogen-bond acceptors (Lipinski definition) is 4. The van der Waals surface area contributed by atoms with Crippen molar-refractivity contribution in [3.63, 3.8) is 0 Å². The summed E-state index contributed by atoms with van der Waals surface area (Å²) in [6.07, 6.45) is 4.13. The molecule has 1 aliphatic rings. The zero-order chi connectivity index (χ0) is 15.2. The Kier molecular flexibility index (Phi) is 5.56. The lowest BCUT2D eigenvalue weighted by Gasteiger charge is -2.29. The summed E-state index contributed by atoms with van der Waals surface area (Å²) in [5, 5.41) is 3.16. The van der Waals surface area contributed by atoms with Crippen LogP contribution in [0.3, 0.4) is 0 Å². The van der Waals surface area contributed by atoms with Gasteiger partial charge in [-0.05, 0) is 44.7 Å². The Hall–Kier alpha value is -1.62. The number of carbonyl (C=O) groups excluding carboxylic acids is 1. The molecule has 1 atom stereocenters. The van der Waals surface area contributed by atoms with Gasteiger partial charge in [0.15, 0.2) is 0 Å². The second kappa shape index (κ2) is 7.41. The van der Waals surface area contributed by atoms with Crippen molar-refractivity contribution in [2.45, 2.75) is 32.7 Å². The molecule has 1 heterocycles. The summed E-state index contributed by atoms with van der Waals surface area (Å²) in [7, 11) is 1.67. The number of hydrogen-bond donors (Lipinski definition) is 1. The van der Waals surface area contributed by atoms with Crippen LogP contribution in [0.1, 0.15) is 37.0 Å². The first-order valence-electron chi connectivity index (χ1n) is 7.67. The first kappa shape index (κ1) is 15.8. The highest BCUT2D eigenvalue weighted by atomic mass is 16.5. The Morgan fingerprint density at radius 1 is 1.57 bits per heavy atom. The third kappa shape index (κ3) is 3.94. The third-order valence-corrected chi connectivity index (χ3v) is 3.98. The number of carbonyl (C=O) groups is 1. The minimum Gasteiger partial charge on any atom is -0.383 e. The first-order valence-corrected chi connectivity index (χ1v) is 7.67. The fourth-order valence-corrected chi connectivity index (χ4v) is 2.55. The normalized spacial score (nSPS) is 15.6. The largest absolute Gasteiger partial charge is 0.383 e. The highest BCUT2D eigenvalue weighted by Crippen LogP contribution is 2.35.